The molecule has 0 aliphatic carbocycles. The highest BCUT2D eigenvalue weighted by atomic mass is 16.3. The van der Waals surface area contributed by atoms with Crippen molar-refractivity contribution in [2.45, 2.75) is 38.5 Å². The highest BCUT2D eigenvalue weighted by Gasteiger charge is 2.36. The fourth-order valence-electron chi connectivity index (χ4n) is 4.38. The Bertz CT molecular complexity index is 1260. The van der Waals surface area contributed by atoms with Crippen molar-refractivity contribution in [2.75, 3.05) is 18.8 Å². The summed E-state index contributed by atoms with van der Waals surface area (Å²) in [7, 11) is 0. The van der Waals surface area contributed by atoms with E-state index in [1.165, 1.54) is 6.33 Å². The van der Waals surface area contributed by atoms with Crippen molar-refractivity contribution in [3.63, 3.8) is 0 Å². The van der Waals surface area contributed by atoms with E-state index in [1.54, 1.807) is 15.8 Å². The molecule has 1 aliphatic rings. The molecule has 3 aromatic heterocycles. The average Bonchev–Trinajstić information content (AvgIpc) is 3.44. The summed E-state index contributed by atoms with van der Waals surface area (Å²) in [6.07, 6.45) is 3.39. The van der Waals surface area contributed by atoms with Crippen LogP contribution < -0.4 is 5.73 Å². The van der Waals surface area contributed by atoms with Crippen LogP contribution >= 0.6 is 0 Å². The van der Waals surface area contributed by atoms with Gasteiger partial charge in [-0.2, -0.15) is 0 Å². The van der Waals surface area contributed by atoms with Crippen LogP contribution in [0.1, 0.15) is 24.7 Å². The van der Waals surface area contributed by atoms with Crippen molar-refractivity contribution < 1.29 is 9.90 Å². The van der Waals surface area contributed by atoms with Crippen LogP contribution in [0.4, 0.5) is 5.82 Å². The topological polar surface area (TPSA) is 128 Å². The number of hydrogen-bond donors (Lipinski definition) is 2. The van der Waals surface area contributed by atoms with Crippen molar-refractivity contribution in [3.8, 4) is 0 Å². The Balaban J connectivity index is 1.24. The van der Waals surface area contributed by atoms with Crippen LogP contribution in [0.25, 0.3) is 22.2 Å². The van der Waals surface area contributed by atoms with Gasteiger partial charge in [0, 0.05) is 26.1 Å². The number of amides is 1. The van der Waals surface area contributed by atoms with Gasteiger partial charge in [0.15, 0.2) is 11.5 Å². The van der Waals surface area contributed by atoms with E-state index < -0.39 is 6.10 Å². The number of rotatable bonds is 5. The lowest BCUT2D eigenvalue weighted by molar-refractivity contribution is -0.130. The van der Waals surface area contributed by atoms with Crippen LogP contribution in [-0.2, 0) is 11.3 Å². The minimum atomic E-state index is -0.697. The van der Waals surface area contributed by atoms with E-state index in [4.69, 9.17) is 5.73 Å². The normalized spacial score (nSPS) is 19.0. The van der Waals surface area contributed by atoms with Gasteiger partial charge in [0.2, 0.25) is 5.91 Å². The number of aryl methyl sites for hydroxylation is 2. The number of nitrogens with zero attached hydrogens (tertiary/aromatic N) is 7. The maximum Gasteiger partial charge on any atom is 0.222 e. The first-order chi connectivity index (χ1) is 15.0. The number of aromatic nitrogens is 6. The van der Waals surface area contributed by atoms with Crippen molar-refractivity contribution in [2.24, 2.45) is 0 Å². The SMILES string of the molecule is Cc1nc2ccccc2n1CCCC(=O)N1C[C@@H](O)[C@H](n2cnc3c(N)ncnc32)C1. The molecule has 2 atom stereocenters. The number of β-amino-alcohol motifs (C(OH)–C–C–N with tert-alkyl or cyclic N) is 1. The molecule has 0 bridgehead atoms. The van der Waals surface area contributed by atoms with Crippen LogP contribution in [0, 0.1) is 6.92 Å². The monoisotopic (exact) mass is 420 g/mol. The minimum Gasteiger partial charge on any atom is -0.389 e. The van der Waals surface area contributed by atoms with Crippen molar-refractivity contribution >= 4 is 33.9 Å². The number of fused-ring (bicyclic) bond motifs is 2. The third-order valence-electron chi connectivity index (χ3n) is 5.97. The quantitative estimate of drug-likeness (QED) is 0.498. The largest absolute Gasteiger partial charge is 0.389 e. The zero-order valence-corrected chi connectivity index (χ0v) is 17.2. The van der Waals surface area contributed by atoms with Gasteiger partial charge in [0.25, 0.3) is 0 Å². The lowest BCUT2D eigenvalue weighted by atomic mass is 10.2. The van der Waals surface area contributed by atoms with Crippen molar-refractivity contribution in [1.82, 2.24) is 34.0 Å². The Morgan fingerprint density at radius 1 is 1.23 bits per heavy atom. The third kappa shape index (κ3) is 3.38. The first-order valence-electron chi connectivity index (χ1n) is 10.3. The van der Waals surface area contributed by atoms with Crippen LogP contribution in [0.15, 0.2) is 36.9 Å². The fourth-order valence-corrected chi connectivity index (χ4v) is 4.38. The van der Waals surface area contributed by atoms with E-state index in [1.807, 2.05) is 31.2 Å². The van der Waals surface area contributed by atoms with Gasteiger partial charge >= 0.3 is 0 Å². The zero-order valence-electron chi connectivity index (χ0n) is 17.2. The van der Waals surface area contributed by atoms with Crippen LogP contribution in [0.2, 0.25) is 0 Å². The maximum atomic E-state index is 12.8. The molecule has 31 heavy (non-hydrogen) atoms. The molecule has 0 unspecified atom stereocenters. The van der Waals surface area contributed by atoms with Crippen LogP contribution in [0.5, 0.6) is 0 Å². The number of nitrogen functional groups attached to an aromatic ring is 1. The second kappa shape index (κ2) is 7.62. The van der Waals surface area contributed by atoms with Gasteiger partial charge in [-0.25, -0.2) is 19.9 Å². The molecule has 0 saturated carbocycles. The van der Waals surface area contributed by atoms with Crippen LogP contribution in [0.3, 0.4) is 0 Å². The highest BCUT2D eigenvalue weighted by molar-refractivity contribution is 5.81. The molecule has 10 heteroatoms. The summed E-state index contributed by atoms with van der Waals surface area (Å²) in [5.74, 6) is 1.27. The van der Waals surface area contributed by atoms with Gasteiger partial charge in [-0.05, 0) is 25.5 Å². The van der Waals surface area contributed by atoms with Crippen molar-refractivity contribution in [3.05, 3.63) is 42.7 Å². The van der Waals surface area contributed by atoms with Crippen molar-refractivity contribution in [1.29, 1.82) is 0 Å². The van der Waals surface area contributed by atoms with Gasteiger partial charge < -0.3 is 24.9 Å². The first kappa shape index (κ1) is 19.4. The van der Waals surface area contributed by atoms with Gasteiger partial charge in [0.1, 0.15) is 17.7 Å². The number of anilines is 1. The summed E-state index contributed by atoms with van der Waals surface area (Å²) in [5.41, 5.74) is 8.97. The van der Waals surface area contributed by atoms with Gasteiger partial charge in [0.05, 0.1) is 29.5 Å². The van der Waals surface area contributed by atoms with E-state index in [0.29, 0.717) is 36.4 Å². The predicted octanol–water partition coefficient (Wildman–Crippen LogP) is 1.29. The number of para-hydroxylation sites is 2. The molecular formula is C21H24N8O2. The minimum absolute atomic E-state index is 0.0298. The Morgan fingerprint density at radius 3 is 2.94 bits per heavy atom. The molecule has 1 aromatic carbocycles. The Kier molecular flexibility index (Phi) is 4.78. The third-order valence-corrected chi connectivity index (χ3v) is 5.97. The number of hydrogen-bond acceptors (Lipinski definition) is 7. The van der Waals surface area contributed by atoms with Gasteiger partial charge in [-0.1, -0.05) is 12.1 Å². The second-order valence-electron chi connectivity index (χ2n) is 7.92. The molecule has 4 heterocycles. The zero-order chi connectivity index (χ0) is 21.5. The van der Waals surface area contributed by atoms with E-state index in [0.717, 1.165) is 23.4 Å². The maximum absolute atomic E-state index is 12.8. The molecule has 1 aliphatic heterocycles. The van der Waals surface area contributed by atoms with Gasteiger partial charge in [-0.3, -0.25) is 4.79 Å². The first-order valence-corrected chi connectivity index (χ1v) is 10.3. The molecule has 0 radical (unpaired) electrons. The summed E-state index contributed by atoms with van der Waals surface area (Å²) in [6.45, 7) is 3.40. The second-order valence-corrected chi connectivity index (χ2v) is 7.92. The fraction of sp³-hybridized carbons (Fsp3) is 0.381. The Hall–Kier alpha value is -3.53. The molecule has 4 aromatic rings. The number of likely N-dealkylation sites (tertiary alicyclic amines) is 1. The van der Waals surface area contributed by atoms with E-state index >= 15 is 0 Å². The van der Waals surface area contributed by atoms with E-state index in [-0.39, 0.29) is 18.5 Å². The number of carbonyl (C=O) groups excluding carboxylic acids is 1. The van der Waals surface area contributed by atoms with E-state index in [2.05, 4.69) is 24.5 Å². The number of nitrogens with two attached hydrogens (primary N) is 1. The molecule has 160 valence electrons. The molecular weight excluding hydrogens is 396 g/mol. The highest BCUT2D eigenvalue weighted by Crippen LogP contribution is 2.27. The van der Waals surface area contributed by atoms with Gasteiger partial charge in [-0.15, -0.1) is 0 Å². The summed E-state index contributed by atoms with van der Waals surface area (Å²) in [5, 5.41) is 10.6. The number of carbonyl (C=O) groups is 1. The standard InChI is InChI=1S/C21H24N8O2/c1-13-26-14-5-2-3-6-15(14)28(13)8-4-7-18(31)27-9-16(17(30)10-27)29-12-25-19-20(22)23-11-24-21(19)29/h2-3,5-6,11-12,16-17,30H,4,7-10H2,1H3,(H2,22,23,24)/t16-,17-/m1/s1. The number of aliphatic hydroxyl groups excluding tert-OH is 1. The summed E-state index contributed by atoms with van der Waals surface area (Å²) >= 11 is 0. The number of aliphatic hydroxyl groups is 1. The lowest BCUT2D eigenvalue weighted by Crippen LogP contribution is -2.29. The lowest BCUT2D eigenvalue weighted by Gasteiger charge is -2.17. The van der Waals surface area contributed by atoms with Crippen LogP contribution in [-0.4, -0.2) is 64.2 Å². The molecule has 3 N–H and O–H groups in total. The Labute approximate surface area is 178 Å². The number of benzene rings is 1. The molecule has 1 saturated heterocycles. The number of imidazole rings is 2. The summed E-state index contributed by atoms with van der Waals surface area (Å²) in [4.78, 5) is 31.6. The summed E-state index contributed by atoms with van der Waals surface area (Å²) in [6, 6.07) is 7.69. The smallest absolute Gasteiger partial charge is 0.222 e. The molecule has 1 amide bonds. The summed E-state index contributed by atoms with van der Waals surface area (Å²) < 4.78 is 3.93. The molecule has 0 spiro atoms. The molecule has 10 nitrogen and oxygen atoms in total. The molecule has 1 fully saturated rings. The predicted molar refractivity (Wildman–Crippen MR) is 115 cm³/mol. The molecule has 5 rings (SSSR count). The average molecular weight is 420 g/mol. The van der Waals surface area contributed by atoms with E-state index in [9.17, 15) is 9.90 Å². The Morgan fingerprint density at radius 2 is 2.06 bits per heavy atom.